The maximum absolute atomic E-state index is 5.75. The van der Waals surface area contributed by atoms with Gasteiger partial charge >= 0.3 is 0 Å². The summed E-state index contributed by atoms with van der Waals surface area (Å²) in [6.45, 7) is 6.20. The zero-order valence-corrected chi connectivity index (χ0v) is 13.0. The third kappa shape index (κ3) is 4.23. The van der Waals surface area contributed by atoms with E-state index in [-0.39, 0.29) is 0 Å². The van der Waals surface area contributed by atoms with Crippen LogP contribution < -0.4 is 10.5 Å². The normalized spacial score (nSPS) is 11.1. The van der Waals surface area contributed by atoms with Crippen molar-refractivity contribution in [3.05, 3.63) is 59.7 Å². The molecule has 112 valence electrons. The highest BCUT2D eigenvalue weighted by Gasteiger charge is 2.13. The van der Waals surface area contributed by atoms with Gasteiger partial charge in [-0.05, 0) is 37.6 Å². The van der Waals surface area contributed by atoms with Gasteiger partial charge in [0.15, 0.2) is 0 Å². The molecular formula is C18H24N2O. The molecule has 2 aromatic carbocycles. The molecule has 2 aromatic rings. The van der Waals surface area contributed by atoms with Gasteiger partial charge < -0.3 is 10.5 Å². The number of hydrogen-bond donors (Lipinski definition) is 1. The van der Waals surface area contributed by atoms with Crippen LogP contribution in [0.2, 0.25) is 0 Å². The smallest absolute Gasteiger partial charge is 0.123 e. The van der Waals surface area contributed by atoms with Crippen LogP contribution in [-0.4, -0.2) is 18.1 Å². The van der Waals surface area contributed by atoms with E-state index in [1.807, 2.05) is 24.3 Å². The van der Waals surface area contributed by atoms with E-state index in [0.29, 0.717) is 6.04 Å². The summed E-state index contributed by atoms with van der Waals surface area (Å²) in [6.07, 6.45) is 0. The van der Waals surface area contributed by atoms with Crippen LogP contribution in [0.5, 0.6) is 5.75 Å². The molecule has 0 saturated heterocycles. The summed E-state index contributed by atoms with van der Waals surface area (Å²) in [4.78, 5) is 2.42. The zero-order chi connectivity index (χ0) is 15.2. The molecule has 3 nitrogen and oxygen atoms in total. The van der Waals surface area contributed by atoms with Crippen LogP contribution in [0.4, 0.5) is 5.69 Å². The predicted octanol–water partition coefficient (Wildman–Crippen LogP) is 3.69. The molecule has 0 radical (unpaired) electrons. The minimum Gasteiger partial charge on any atom is -0.496 e. The molecule has 0 aliphatic heterocycles. The number of nitrogen functional groups attached to an aromatic ring is 1. The van der Waals surface area contributed by atoms with E-state index < -0.39 is 0 Å². The fourth-order valence-corrected chi connectivity index (χ4v) is 2.33. The first-order valence-electron chi connectivity index (χ1n) is 7.30. The van der Waals surface area contributed by atoms with Gasteiger partial charge in [-0.2, -0.15) is 0 Å². The van der Waals surface area contributed by atoms with E-state index in [0.717, 1.165) is 24.5 Å². The number of nitrogens with two attached hydrogens (primary N) is 1. The number of nitrogens with zero attached hydrogens (tertiary/aromatic N) is 1. The van der Waals surface area contributed by atoms with Gasteiger partial charge in [0.2, 0.25) is 0 Å². The van der Waals surface area contributed by atoms with Crippen LogP contribution in [0, 0.1) is 0 Å². The number of methoxy groups -OCH3 is 1. The Labute approximate surface area is 127 Å². The third-order valence-corrected chi connectivity index (χ3v) is 3.66. The lowest BCUT2D eigenvalue weighted by Gasteiger charge is -2.27. The van der Waals surface area contributed by atoms with Crippen molar-refractivity contribution in [3.63, 3.8) is 0 Å². The Bertz CT molecular complexity index is 564. The lowest BCUT2D eigenvalue weighted by atomic mass is 10.1. The fourth-order valence-electron chi connectivity index (χ4n) is 2.33. The first kappa shape index (κ1) is 15.4. The third-order valence-electron chi connectivity index (χ3n) is 3.66. The molecule has 0 aliphatic carbocycles. The average Bonchev–Trinajstić information content (AvgIpc) is 2.49. The Morgan fingerprint density at radius 2 is 1.67 bits per heavy atom. The highest BCUT2D eigenvalue weighted by Crippen LogP contribution is 2.21. The first-order chi connectivity index (χ1) is 10.1. The molecule has 0 aromatic heterocycles. The fraction of sp³-hybridized carbons (Fsp3) is 0.333. The summed E-state index contributed by atoms with van der Waals surface area (Å²) >= 11 is 0. The number of ether oxygens (including phenoxy) is 1. The Morgan fingerprint density at radius 1 is 1.00 bits per heavy atom. The van der Waals surface area contributed by atoms with Crippen molar-refractivity contribution in [3.8, 4) is 5.75 Å². The van der Waals surface area contributed by atoms with Crippen LogP contribution >= 0.6 is 0 Å². The van der Waals surface area contributed by atoms with Gasteiger partial charge in [-0.1, -0.05) is 30.3 Å². The van der Waals surface area contributed by atoms with Crippen LogP contribution in [0.15, 0.2) is 48.5 Å². The average molecular weight is 284 g/mol. The SMILES string of the molecule is COc1ccccc1CN(Cc1ccc(N)cc1)C(C)C. The molecule has 0 unspecified atom stereocenters. The largest absolute Gasteiger partial charge is 0.496 e. The van der Waals surface area contributed by atoms with E-state index in [1.165, 1.54) is 11.1 Å². The first-order valence-corrected chi connectivity index (χ1v) is 7.30. The summed E-state index contributed by atoms with van der Waals surface area (Å²) in [7, 11) is 1.72. The van der Waals surface area contributed by atoms with Crippen LogP contribution in [0.25, 0.3) is 0 Å². The van der Waals surface area contributed by atoms with Crippen molar-refractivity contribution in [2.45, 2.75) is 33.0 Å². The minimum atomic E-state index is 0.451. The minimum absolute atomic E-state index is 0.451. The second kappa shape index (κ2) is 7.14. The number of para-hydroxylation sites is 1. The van der Waals surface area contributed by atoms with Crippen molar-refractivity contribution in [2.75, 3.05) is 12.8 Å². The Kier molecular flexibility index (Phi) is 5.23. The molecule has 3 heteroatoms. The molecule has 2 N–H and O–H groups in total. The summed E-state index contributed by atoms with van der Waals surface area (Å²) < 4.78 is 5.45. The van der Waals surface area contributed by atoms with E-state index >= 15 is 0 Å². The predicted molar refractivity (Wildman–Crippen MR) is 88.2 cm³/mol. The molecule has 21 heavy (non-hydrogen) atoms. The summed E-state index contributed by atoms with van der Waals surface area (Å²) in [6, 6.07) is 16.7. The number of hydrogen-bond acceptors (Lipinski definition) is 3. The Morgan fingerprint density at radius 3 is 2.29 bits per heavy atom. The second-order valence-corrected chi connectivity index (χ2v) is 5.55. The van der Waals surface area contributed by atoms with E-state index in [1.54, 1.807) is 7.11 Å². The summed E-state index contributed by atoms with van der Waals surface area (Å²) in [5.74, 6) is 0.945. The second-order valence-electron chi connectivity index (χ2n) is 5.55. The van der Waals surface area contributed by atoms with E-state index in [2.05, 4.69) is 43.0 Å². The van der Waals surface area contributed by atoms with Crippen LogP contribution in [0.3, 0.4) is 0 Å². The molecule has 0 bridgehead atoms. The molecular weight excluding hydrogens is 260 g/mol. The van der Waals surface area contributed by atoms with E-state index in [4.69, 9.17) is 10.5 Å². The van der Waals surface area contributed by atoms with Gasteiger partial charge in [-0.25, -0.2) is 0 Å². The molecule has 0 fully saturated rings. The lowest BCUT2D eigenvalue weighted by molar-refractivity contribution is 0.201. The number of benzene rings is 2. The monoisotopic (exact) mass is 284 g/mol. The molecule has 0 atom stereocenters. The molecule has 0 aliphatic rings. The quantitative estimate of drug-likeness (QED) is 0.822. The van der Waals surface area contributed by atoms with Crippen molar-refractivity contribution < 1.29 is 4.74 Å². The summed E-state index contributed by atoms with van der Waals surface area (Å²) in [5.41, 5.74) is 9.04. The van der Waals surface area contributed by atoms with Crippen molar-refractivity contribution in [1.29, 1.82) is 0 Å². The highest BCUT2D eigenvalue weighted by atomic mass is 16.5. The number of anilines is 1. The van der Waals surface area contributed by atoms with Gasteiger partial charge in [0, 0.05) is 30.4 Å². The molecule has 0 spiro atoms. The molecule has 0 amide bonds. The molecule has 2 rings (SSSR count). The summed E-state index contributed by atoms with van der Waals surface area (Å²) in [5, 5.41) is 0. The van der Waals surface area contributed by atoms with Crippen LogP contribution in [0.1, 0.15) is 25.0 Å². The standard InChI is InChI=1S/C18H24N2O/c1-14(2)20(12-15-8-10-17(19)11-9-15)13-16-6-4-5-7-18(16)21-3/h4-11,14H,12-13,19H2,1-3H3. The van der Waals surface area contributed by atoms with E-state index in [9.17, 15) is 0 Å². The molecule has 0 saturated carbocycles. The van der Waals surface area contributed by atoms with Gasteiger partial charge in [0.25, 0.3) is 0 Å². The van der Waals surface area contributed by atoms with Gasteiger partial charge in [-0.3, -0.25) is 4.90 Å². The van der Waals surface area contributed by atoms with Gasteiger partial charge in [0.1, 0.15) is 5.75 Å². The van der Waals surface area contributed by atoms with Crippen molar-refractivity contribution in [1.82, 2.24) is 4.90 Å². The zero-order valence-electron chi connectivity index (χ0n) is 13.0. The topological polar surface area (TPSA) is 38.5 Å². The Balaban J connectivity index is 2.14. The maximum Gasteiger partial charge on any atom is 0.123 e. The van der Waals surface area contributed by atoms with Crippen molar-refractivity contribution >= 4 is 5.69 Å². The van der Waals surface area contributed by atoms with Crippen LogP contribution in [-0.2, 0) is 13.1 Å². The maximum atomic E-state index is 5.75. The highest BCUT2D eigenvalue weighted by molar-refractivity contribution is 5.39. The molecule has 0 heterocycles. The Hall–Kier alpha value is -2.00. The lowest BCUT2D eigenvalue weighted by Crippen LogP contribution is -2.30. The van der Waals surface area contributed by atoms with Gasteiger partial charge in [-0.15, -0.1) is 0 Å². The van der Waals surface area contributed by atoms with Gasteiger partial charge in [0.05, 0.1) is 7.11 Å². The number of rotatable bonds is 6. The van der Waals surface area contributed by atoms with Crippen molar-refractivity contribution in [2.24, 2.45) is 0 Å².